The van der Waals surface area contributed by atoms with Crippen LogP contribution in [0.4, 0.5) is 11.4 Å². The van der Waals surface area contributed by atoms with Crippen LogP contribution < -0.4 is 14.4 Å². The van der Waals surface area contributed by atoms with Gasteiger partial charge in [0.2, 0.25) is 0 Å². The first-order valence-corrected chi connectivity index (χ1v) is 9.39. The Kier molecular flexibility index (Phi) is 5.85. The minimum absolute atomic E-state index is 0.122. The predicted octanol–water partition coefficient (Wildman–Crippen LogP) is 3.90. The first kappa shape index (κ1) is 19.0. The summed E-state index contributed by atoms with van der Waals surface area (Å²) in [7, 11) is 1.44. The van der Waals surface area contributed by atoms with Gasteiger partial charge in [-0.3, -0.25) is 14.9 Å². The number of hydrogen-bond acceptors (Lipinski definition) is 6. The van der Waals surface area contributed by atoms with Crippen molar-refractivity contribution in [2.24, 2.45) is 0 Å². The van der Waals surface area contributed by atoms with Crippen LogP contribution in [-0.4, -0.2) is 36.3 Å². The molecule has 0 aliphatic carbocycles. The number of carbonyl (C=O) groups is 1. The van der Waals surface area contributed by atoms with Gasteiger partial charge in [-0.15, -0.1) is 11.8 Å². The van der Waals surface area contributed by atoms with Crippen LogP contribution in [0, 0.1) is 10.1 Å². The fraction of sp³-hybridized carbons (Fsp3) is 0.316. The molecule has 0 radical (unpaired) electrons. The SMILES string of the molecule is COc1ccc([N+](=O)[O-])cc1OCC(=O)N1CC[C@@H](C)Sc2ccccc21. The highest BCUT2D eigenvalue weighted by Crippen LogP contribution is 2.37. The number of thioether (sulfide) groups is 1. The Balaban J connectivity index is 1.78. The maximum absolute atomic E-state index is 12.8. The number of nitro benzene ring substituents is 1. The average molecular weight is 388 g/mol. The highest BCUT2D eigenvalue weighted by Gasteiger charge is 2.25. The molecule has 27 heavy (non-hydrogen) atoms. The second-order valence-electron chi connectivity index (χ2n) is 6.11. The molecule has 1 aliphatic heterocycles. The minimum Gasteiger partial charge on any atom is -0.493 e. The third-order valence-electron chi connectivity index (χ3n) is 4.25. The van der Waals surface area contributed by atoms with E-state index in [1.54, 1.807) is 16.7 Å². The molecule has 0 spiro atoms. The van der Waals surface area contributed by atoms with E-state index in [-0.39, 0.29) is 24.0 Å². The van der Waals surface area contributed by atoms with E-state index in [4.69, 9.17) is 9.47 Å². The van der Waals surface area contributed by atoms with E-state index in [9.17, 15) is 14.9 Å². The number of anilines is 1. The number of nitro groups is 1. The molecule has 0 unspecified atom stereocenters. The summed E-state index contributed by atoms with van der Waals surface area (Å²) in [5, 5.41) is 11.4. The van der Waals surface area contributed by atoms with Crippen LogP contribution >= 0.6 is 11.8 Å². The number of para-hydroxylation sites is 1. The van der Waals surface area contributed by atoms with Crippen molar-refractivity contribution < 1.29 is 19.2 Å². The van der Waals surface area contributed by atoms with Gasteiger partial charge >= 0.3 is 0 Å². The van der Waals surface area contributed by atoms with E-state index in [0.29, 0.717) is 17.5 Å². The van der Waals surface area contributed by atoms with Gasteiger partial charge in [0.25, 0.3) is 11.6 Å². The molecular formula is C19H20N2O5S. The van der Waals surface area contributed by atoms with Crippen molar-refractivity contribution in [1.82, 2.24) is 0 Å². The van der Waals surface area contributed by atoms with Crippen LogP contribution in [0.25, 0.3) is 0 Å². The lowest BCUT2D eigenvalue weighted by Crippen LogP contribution is -2.36. The standard InChI is InChI=1S/C19H20N2O5S/c1-13-9-10-20(15-5-3-4-6-18(15)27-13)19(22)12-26-17-11-14(21(23)24)7-8-16(17)25-2/h3-8,11,13H,9-10,12H2,1-2H3/t13-/m1/s1. The molecule has 0 saturated heterocycles. The van der Waals surface area contributed by atoms with E-state index in [0.717, 1.165) is 17.0 Å². The van der Waals surface area contributed by atoms with Crippen molar-refractivity contribution in [3.8, 4) is 11.5 Å². The Morgan fingerprint density at radius 1 is 1.30 bits per heavy atom. The van der Waals surface area contributed by atoms with Gasteiger partial charge in [-0.1, -0.05) is 19.1 Å². The third kappa shape index (κ3) is 4.33. The highest BCUT2D eigenvalue weighted by atomic mass is 32.2. The molecule has 0 N–H and O–H groups in total. The smallest absolute Gasteiger partial charge is 0.273 e. The first-order valence-electron chi connectivity index (χ1n) is 8.51. The number of non-ortho nitro benzene ring substituents is 1. The predicted molar refractivity (Wildman–Crippen MR) is 104 cm³/mol. The van der Waals surface area contributed by atoms with Gasteiger partial charge in [0.1, 0.15) is 0 Å². The van der Waals surface area contributed by atoms with Crippen LogP contribution in [0.2, 0.25) is 0 Å². The Hall–Kier alpha value is -2.74. The second kappa shape index (κ2) is 8.30. The molecule has 2 aromatic carbocycles. The van der Waals surface area contributed by atoms with Gasteiger partial charge in [-0.2, -0.15) is 0 Å². The number of amides is 1. The number of methoxy groups -OCH3 is 1. The quantitative estimate of drug-likeness (QED) is 0.571. The summed E-state index contributed by atoms with van der Waals surface area (Å²) in [4.78, 5) is 26.1. The van der Waals surface area contributed by atoms with E-state index in [1.165, 1.54) is 25.3 Å². The molecule has 2 aromatic rings. The molecule has 8 heteroatoms. The zero-order valence-electron chi connectivity index (χ0n) is 15.1. The summed E-state index contributed by atoms with van der Waals surface area (Å²) in [6, 6.07) is 11.8. The lowest BCUT2D eigenvalue weighted by atomic mass is 10.2. The van der Waals surface area contributed by atoms with Gasteiger partial charge in [-0.05, 0) is 24.6 Å². The summed E-state index contributed by atoms with van der Waals surface area (Å²) >= 11 is 1.75. The molecular weight excluding hydrogens is 368 g/mol. The molecule has 142 valence electrons. The third-order valence-corrected chi connectivity index (χ3v) is 5.49. The molecule has 0 aromatic heterocycles. The second-order valence-corrected chi connectivity index (χ2v) is 7.59. The van der Waals surface area contributed by atoms with E-state index < -0.39 is 4.92 Å². The Morgan fingerprint density at radius 2 is 2.07 bits per heavy atom. The van der Waals surface area contributed by atoms with Crippen LogP contribution in [0.3, 0.4) is 0 Å². The van der Waals surface area contributed by atoms with Crippen LogP contribution in [0.15, 0.2) is 47.4 Å². The molecule has 0 fully saturated rings. The number of carbonyl (C=O) groups excluding carboxylic acids is 1. The summed E-state index contributed by atoms with van der Waals surface area (Å²) in [6.45, 7) is 2.50. The van der Waals surface area contributed by atoms with Gasteiger partial charge in [-0.25, -0.2) is 0 Å². The first-order chi connectivity index (χ1) is 13.0. The summed E-state index contributed by atoms with van der Waals surface area (Å²) in [5.41, 5.74) is 0.745. The summed E-state index contributed by atoms with van der Waals surface area (Å²) in [5.74, 6) is 0.311. The molecule has 0 saturated carbocycles. The minimum atomic E-state index is -0.516. The number of nitrogens with zero attached hydrogens (tertiary/aromatic N) is 2. The fourth-order valence-electron chi connectivity index (χ4n) is 2.86. The number of benzene rings is 2. The monoisotopic (exact) mass is 388 g/mol. The molecule has 3 rings (SSSR count). The number of fused-ring (bicyclic) bond motifs is 1. The molecule has 1 atom stereocenters. The largest absolute Gasteiger partial charge is 0.493 e. The molecule has 1 amide bonds. The highest BCUT2D eigenvalue weighted by molar-refractivity contribution is 8.00. The van der Waals surface area contributed by atoms with Crippen molar-refractivity contribution in [2.75, 3.05) is 25.2 Å². The fourth-order valence-corrected chi connectivity index (χ4v) is 3.97. The van der Waals surface area contributed by atoms with Gasteiger partial charge in [0.05, 0.1) is 23.8 Å². The van der Waals surface area contributed by atoms with Gasteiger partial charge in [0, 0.05) is 22.8 Å². The molecule has 0 bridgehead atoms. The number of hydrogen-bond donors (Lipinski definition) is 0. The van der Waals surface area contributed by atoms with Gasteiger partial charge < -0.3 is 14.4 Å². The zero-order chi connectivity index (χ0) is 19.4. The van der Waals surface area contributed by atoms with Crippen molar-refractivity contribution in [1.29, 1.82) is 0 Å². The van der Waals surface area contributed by atoms with Crippen LogP contribution in [0.5, 0.6) is 11.5 Å². The van der Waals surface area contributed by atoms with Crippen molar-refractivity contribution in [3.63, 3.8) is 0 Å². The zero-order valence-corrected chi connectivity index (χ0v) is 15.9. The Morgan fingerprint density at radius 3 is 2.81 bits per heavy atom. The molecule has 1 heterocycles. The number of rotatable bonds is 5. The lowest BCUT2D eigenvalue weighted by molar-refractivity contribution is -0.385. The molecule has 1 aliphatic rings. The summed E-state index contributed by atoms with van der Waals surface area (Å²) < 4.78 is 10.8. The number of ether oxygens (including phenoxy) is 2. The molecule has 7 nitrogen and oxygen atoms in total. The van der Waals surface area contributed by atoms with E-state index in [2.05, 4.69) is 6.92 Å². The summed E-state index contributed by atoms with van der Waals surface area (Å²) in [6.07, 6.45) is 0.866. The van der Waals surface area contributed by atoms with Crippen molar-refractivity contribution in [2.45, 2.75) is 23.5 Å². The van der Waals surface area contributed by atoms with Crippen molar-refractivity contribution >= 4 is 29.0 Å². The van der Waals surface area contributed by atoms with Crippen LogP contribution in [-0.2, 0) is 4.79 Å². The van der Waals surface area contributed by atoms with Crippen LogP contribution in [0.1, 0.15) is 13.3 Å². The lowest BCUT2D eigenvalue weighted by Gasteiger charge is -2.22. The topological polar surface area (TPSA) is 81.9 Å². The Bertz CT molecular complexity index is 858. The average Bonchev–Trinajstić information content (AvgIpc) is 2.84. The van der Waals surface area contributed by atoms with E-state index in [1.807, 2.05) is 24.3 Å². The van der Waals surface area contributed by atoms with Gasteiger partial charge in [0.15, 0.2) is 18.1 Å². The normalized spacial score (nSPS) is 16.2. The maximum Gasteiger partial charge on any atom is 0.273 e. The maximum atomic E-state index is 12.8. The van der Waals surface area contributed by atoms with E-state index >= 15 is 0 Å². The van der Waals surface area contributed by atoms with Crippen molar-refractivity contribution in [3.05, 3.63) is 52.6 Å². The Labute approximate surface area is 161 Å².